The molecule has 10 heavy (non-hydrogen) atoms. The minimum atomic E-state index is -0.571. The van der Waals surface area contributed by atoms with Crippen molar-refractivity contribution in [3.8, 4) is 0 Å². The molecule has 0 atom stereocenters. The predicted molar refractivity (Wildman–Crippen MR) is 33.3 cm³/mol. The van der Waals surface area contributed by atoms with Crippen molar-refractivity contribution in [1.82, 2.24) is 0 Å². The van der Waals surface area contributed by atoms with E-state index in [1.165, 1.54) is 7.11 Å². The lowest BCUT2D eigenvalue weighted by Crippen LogP contribution is -2.11. The number of hydrogen-bond acceptors (Lipinski definition) is 4. The van der Waals surface area contributed by atoms with Crippen LogP contribution in [0.25, 0.3) is 0 Å². The van der Waals surface area contributed by atoms with Crippen molar-refractivity contribution in [3.05, 3.63) is 0 Å². The van der Waals surface area contributed by atoms with E-state index in [2.05, 4.69) is 9.47 Å². The van der Waals surface area contributed by atoms with Crippen LogP contribution in [0.5, 0.6) is 0 Å². The first-order valence-electron chi connectivity index (χ1n) is 2.93. The van der Waals surface area contributed by atoms with Crippen LogP contribution in [-0.2, 0) is 19.1 Å². The van der Waals surface area contributed by atoms with Gasteiger partial charge >= 0.3 is 11.9 Å². The Bertz CT molecular complexity index is 130. The minimum Gasteiger partial charge on any atom is -0.469 e. The zero-order valence-electron chi connectivity index (χ0n) is 6.05. The Morgan fingerprint density at radius 1 is 1.30 bits per heavy atom. The van der Waals surface area contributed by atoms with Crippen molar-refractivity contribution in [2.45, 2.75) is 13.3 Å². The number of hydrogen-bond donors (Lipinski definition) is 0. The van der Waals surface area contributed by atoms with Crippen LogP contribution >= 0.6 is 0 Å². The van der Waals surface area contributed by atoms with Crippen LogP contribution in [0.1, 0.15) is 13.3 Å². The van der Waals surface area contributed by atoms with Crippen molar-refractivity contribution in [1.29, 1.82) is 0 Å². The fourth-order valence-electron chi connectivity index (χ4n) is 0.402. The SMILES string of the molecule is CCOC(=O)CC(=O)OC. The van der Waals surface area contributed by atoms with Gasteiger partial charge in [0.15, 0.2) is 0 Å². The molecule has 0 aromatic heterocycles. The Morgan fingerprint density at radius 2 is 1.90 bits per heavy atom. The number of esters is 2. The maximum Gasteiger partial charge on any atom is 0.317 e. The van der Waals surface area contributed by atoms with E-state index < -0.39 is 11.9 Å². The Hall–Kier alpha value is -1.06. The molecule has 0 saturated carbocycles. The molecule has 58 valence electrons. The van der Waals surface area contributed by atoms with Crippen LogP contribution in [0.4, 0.5) is 0 Å². The highest BCUT2D eigenvalue weighted by atomic mass is 16.5. The highest BCUT2D eigenvalue weighted by molar-refractivity contribution is 5.91. The molecule has 0 radical (unpaired) electrons. The molecule has 0 N–H and O–H groups in total. The molecule has 0 saturated heterocycles. The Morgan fingerprint density at radius 3 is 2.30 bits per heavy atom. The van der Waals surface area contributed by atoms with Crippen molar-refractivity contribution in [3.63, 3.8) is 0 Å². The van der Waals surface area contributed by atoms with Gasteiger partial charge in [-0.15, -0.1) is 0 Å². The van der Waals surface area contributed by atoms with E-state index in [9.17, 15) is 9.59 Å². The molecule has 0 rings (SSSR count). The van der Waals surface area contributed by atoms with Crippen molar-refractivity contribution >= 4 is 11.9 Å². The minimum absolute atomic E-state index is 0.288. The van der Waals surface area contributed by atoms with Gasteiger partial charge in [0.25, 0.3) is 0 Å². The molecular weight excluding hydrogens is 136 g/mol. The van der Waals surface area contributed by atoms with Gasteiger partial charge in [-0.1, -0.05) is 0 Å². The molecule has 0 aliphatic carbocycles. The zero-order valence-corrected chi connectivity index (χ0v) is 6.05. The lowest BCUT2D eigenvalue weighted by Gasteiger charge is -1.98. The molecule has 0 spiro atoms. The number of carbonyl (C=O) groups excluding carboxylic acids is 2. The summed E-state index contributed by atoms with van der Waals surface area (Å²) < 4.78 is 8.70. The average Bonchev–Trinajstić information content (AvgIpc) is 1.88. The fourth-order valence-corrected chi connectivity index (χ4v) is 0.402. The monoisotopic (exact) mass is 146 g/mol. The number of carbonyl (C=O) groups is 2. The molecule has 0 aliphatic rings. The van der Waals surface area contributed by atoms with Crippen LogP contribution < -0.4 is 0 Å². The fraction of sp³-hybridized carbons (Fsp3) is 0.667. The summed E-state index contributed by atoms with van der Waals surface area (Å²) in [5, 5.41) is 0. The molecule has 0 aromatic rings. The largest absolute Gasteiger partial charge is 0.469 e. The van der Waals surface area contributed by atoms with E-state index >= 15 is 0 Å². The average molecular weight is 146 g/mol. The molecule has 0 amide bonds. The van der Waals surface area contributed by atoms with Crippen LogP contribution in [0.15, 0.2) is 0 Å². The molecule has 0 aromatic carbocycles. The van der Waals surface area contributed by atoms with Crippen LogP contribution in [0.2, 0.25) is 0 Å². The second-order valence-corrected chi connectivity index (χ2v) is 1.56. The van der Waals surface area contributed by atoms with E-state index in [0.717, 1.165) is 0 Å². The van der Waals surface area contributed by atoms with Gasteiger partial charge in [0.1, 0.15) is 6.42 Å². The van der Waals surface area contributed by atoms with Crippen molar-refractivity contribution in [2.75, 3.05) is 13.7 Å². The maximum absolute atomic E-state index is 10.5. The smallest absolute Gasteiger partial charge is 0.317 e. The molecule has 0 bridgehead atoms. The second-order valence-electron chi connectivity index (χ2n) is 1.56. The summed E-state index contributed by atoms with van der Waals surface area (Å²) in [7, 11) is 1.22. The number of methoxy groups -OCH3 is 1. The van der Waals surface area contributed by atoms with Crippen LogP contribution in [-0.4, -0.2) is 25.7 Å². The van der Waals surface area contributed by atoms with Gasteiger partial charge < -0.3 is 9.47 Å². The standard InChI is InChI=1S/C6H10O4/c1-3-10-6(8)4-5(7)9-2/h3-4H2,1-2H3. The lowest BCUT2D eigenvalue weighted by atomic mass is 10.4. The highest BCUT2D eigenvalue weighted by Gasteiger charge is 2.08. The molecule has 0 fully saturated rings. The first-order valence-corrected chi connectivity index (χ1v) is 2.93. The third-order valence-corrected chi connectivity index (χ3v) is 0.822. The number of rotatable bonds is 3. The van der Waals surface area contributed by atoms with E-state index in [1.54, 1.807) is 6.92 Å². The van der Waals surface area contributed by atoms with Gasteiger partial charge in [-0.05, 0) is 6.92 Å². The summed E-state index contributed by atoms with van der Waals surface area (Å²) >= 11 is 0. The van der Waals surface area contributed by atoms with Crippen LogP contribution in [0, 0.1) is 0 Å². The summed E-state index contributed by atoms with van der Waals surface area (Å²) in [6.07, 6.45) is -0.301. The molecule has 4 heteroatoms. The Kier molecular flexibility index (Phi) is 4.28. The molecular formula is C6H10O4. The topological polar surface area (TPSA) is 52.6 Å². The van der Waals surface area contributed by atoms with Crippen molar-refractivity contribution < 1.29 is 19.1 Å². The predicted octanol–water partition coefficient (Wildman–Crippen LogP) is 0.113. The van der Waals surface area contributed by atoms with E-state index in [1.807, 2.05) is 0 Å². The first kappa shape index (κ1) is 8.94. The normalized spacial score (nSPS) is 8.60. The van der Waals surface area contributed by atoms with E-state index in [0.29, 0.717) is 0 Å². The molecule has 0 unspecified atom stereocenters. The van der Waals surface area contributed by atoms with Gasteiger partial charge in [0.2, 0.25) is 0 Å². The van der Waals surface area contributed by atoms with Gasteiger partial charge in [-0.25, -0.2) is 0 Å². The van der Waals surface area contributed by atoms with Crippen molar-refractivity contribution in [2.24, 2.45) is 0 Å². The summed E-state index contributed by atoms with van der Waals surface area (Å²) in [5.74, 6) is -1.12. The van der Waals surface area contributed by atoms with E-state index in [4.69, 9.17) is 0 Å². The van der Waals surface area contributed by atoms with E-state index in [-0.39, 0.29) is 13.0 Å². The lowest BCUT2D eigenvalue weighted by molar-refractivity contribution is -0.152. The van der Waals surface area contributed by atoms with Gasteiger partial charge in [0, 0.05) is 0 Å². The summed E-state index contributed by atoms with van der Waals surface area (Å²) in [5.41, 5.74) is 0. The summed E-state index contributed by atoms with van der Waals surface area (Å²) in [6.45, 7) is 1.96. The Labute approximate surface area is 59.1 Å². The summed E-state index contributed by atoms with van der Waals surface area (Å²) in [6, 6.07) is 0. The number of ether oxygens (including phenoxy) is 2. The first-order chi connectivity index (χ1) is 4.70. The quantitative estimate of drug-likeness (QED) is 0.419. The molecule has 4 nitrogen and oxygen atoms in total. The Balaban J connectivity index is 3.47. The molecule has 0 aliphatic heterocycles. The van der Waals surface area contributed by atoms with Gasteiger partial charge in [-0.2, -0.15) is 0 Å². The highest BCUT2D eigenvalue weighted by Crippen LogP contribution is 1.87. The second kappa shape index (κ2) is 4.78. The van der Waals surface area contributed by atoms with Crippen LogP contribution in [0.3, 0.4) is 0 Å². The third-order valence-electron chi connectivity index (χ3n) is 0.822. The summed E-state index contributed by atoms with van der Waals surface area (Å²) in [4.78, 5) is 20.9. The van der Waals surface area contributed by atoms with Gasteiger partial charge in [0.05, 0.1) is 13.7 Å². The maximum atomic E-state index is 10.5. The third kappa shape index (κ3) is 3.88. The molecule has 0 heterocycles. The zero-order chi connectivity index (χ0) is 7.98. The van der Waals surface area contributed by atoms with Gasteiger partial charge in [-0.3, -0.25) is 9.59 Å².